The highest BCUT2D eigenvalue weighted by atomic mass is 35.5. The van der Waals surface area contributed by atoms with Crippen molar-refractivity contribution < 1.29 is 13.5 Å². The zero-order valence-electron chi connectivity index (χ0n) is 13.3. The monoisotopic (exact) mass is 351 g/mol. The maximum atomic E-state index is 12.3. The molecular formula is C17H16ClF2N3O. The predicted molar refractivity (Wildman–Crippen MR) is 89.1 cm³/mol. The Morgan fingerprint density at radius 2 is 1.96 bits per heavy atom. The molecule has 0 aliphatic rings. The van der Waals surface area contributed by atoms with Crippen LogP contribution in [0.3, 0.4) is 0 Å². The van der Waals surface area contributed by atoms with Gasteiger partial charge in [0.15, 0.2) is 0 Å². The van der Waals surface area contributed by atoms with E-state index in [1.165, 1.54) is 0 Å². The van der Waals surface area contributed by atoms with E-state index in [1.807, 2.05) is 32.2 Å². The van der Waals surface area contributed by atoms with Crippen LogP contribution in [-0.4, -0.2) is 27.8 Å². The minimum atomic E-state index is -2.49. The van der Waals surface area contributed by atoms with Gasteiger partial charge < -0.3 is 4.74 Å². The number of alkyl halides is 2. The van der Waals surface area contributed by atoms with Gasteiger partial charge in [-0.15, -0.1) is 0 Å². The van der Waals surface area contributed by atoms with Crippen molar-refractivity contribution in [2.24, 2.45) is 0 Å². The van der Waals surface area contributed by atoms with Crippen LogP contribution in [0, 0.1) is 13.8 Å². The largest absolute Gasteiger partial charge is 0.487 e. The molecule has 0 aliphatic heterocycles. The number of hydrogen-bond acceptors (Lipinski definition) is 3. The molecule has 0 aliphatic carbocycles. The molecule has 0 N–H and O–H groups in total. The van der Waals surface area contributed by atoms with Gasteiger partial charge in [-0.2, -0.15) is 5.10 Å². The number of hydrogen-bond donors (Lipinski definition) is 0. The van der Waals surface area contributed by atoms with E-state index in [-0.39, 0.29) is 0 Å². The topological polar surface area (TPSA) is 39.9 Å². The van der Waals surface area contributed by atoms with E-state index >= 15 is 0 Å². The lowest BCUT2D eigenvalue weighted by Gasteiger charge is -2.14. The Labute approximate surface area is 143 Å². The Morgan fingerprint density at radius 1 is 1.25 bits per heavy atom. The highest BCUT2D eigenvalue weighted by molar-refractivity contribution is 6.34. The first-order chi connectivity index (χ1) is 11.4. The number of aromatic nitrogens is 3. The number of aryl methyl sites for hydroxylation is 2. The van der Waals surface area contributed by atoms with Gasteiger partial charge in [0.25, 0.3) is 6.43 Å². The molecule has 0 unspecified atom stereocenters. The van der Waals surface area contributed by atoms with Crippen LogP contribution in [0.15, 0.2) is 30.6 Å². The second kappa shape index (κ2) is 6.73. The first-order valence-corrected chi connectivity index (χ1v) is 7.80. The van der Waals surface area contributed by atoms with E-state index in [0.29, 0.717) is 17.4 Å². The Kier molecular flexibility index (Phi) is 4.66. The summed E-state index contributed by atoms with van der Waals surface area (Å²) in [5.41, 5.74) is 3.43. The van der Waals surface area contributed by atoms with Crippen molar-refractivity contribution in [2.75, 3.05) is 6.61 Å². The van der Waals surface area contributed by atoms with Gasteiger partial charge in [-0.1, -0.05) is 23.7 Å². The van der Waals surface area contributed by atoms with Crippen molar-refractivity contribution >= 4 is 22.5 Å². The molecule has 0 saturated carbocycles. The van der Waals surface area contributed by atoms with Gasteiger partial charge in [-0.3, -0.25) is 4.68 Å². The fourth-order valence-corrected chi connectivity index (χ4v) is 2.94. The lowest BCUT2D eigenvalue weighted by Crippen LogP contribution is -2.09. The van der Waals surface area contributed by atoms with Crippen LogP contribution in [-0.2, 0) is 6.54 Å². The fourth-order valence-electron chi connectivity index (χ4n) is 2.73. The summed E-state index contributed by atoms with van der Waals surface area (Å²) in [6.45, 7) is 3.63. The molecule has 0 atom stereocenters. The molecule has 0 amide bonds. The van der Waals surface area contributed by atoms with Crippen LogP contribution >= 0.6 is 11.6 Å². The zero-order valence-corrected chi connectivity index (χ0v) is 14.0. The molecule has 1 aromatic carbocycles. The molecule has 4 nitrogen and oxygen atoms in total. The van der Waals surface area contributed by atoms with E-state index < -0.39 is 13.0 Å². The molecule has 3 aromatic rings. The number of fused-ring (bicyclic) bond motifs is 1. The first kappa shape index (κ1) is 16.6. The minimum Gasteiger partial charge on any atom is -0.487 e. The summed E-state index contributed by atoms with van der Waals surface area (Å²) in [4.78, 5) is 4.04. The lowest BCUT2D eigenvalue weighted by molar-refractivity contribution is 0.0812. The molecule has 0 spiro atoms. The smallest absolute Gasteiger partial charge is 0.272 e. The van der Waals surface area contributed by atoms with Crippen LogP contribution in [0.2, 0.25) is 5.15 Å². The molecule has 2 heterocycles. The number of halogens is 3. The lowest BCUT2D eigenvalue weighted by atomic mass is 10.1. The molecule has 0 radical (unpaired) electrons. The third-order valence-electron chi connectivity index (χ3n) is 3.65. The summed E-state index contributed by atoms with van der Waals surface area (Å²) >= 11 is 6.06. The highest BCUT2D eigenvalue weighted by Gasteiger charge is 2.11. The van der Waals surface area contributed by atoms with Gasteiger partial charge in [-0.05, 0) is 36.6 Å². The predicted octanol–water partition coefficient (Wildman–Crippen LogP) is 4.39. The second-order valence-corrected chi connectivity index (χ2v) is 5.98. The van der Waals surface area contributed by atoms with Crippen molar-refractivity contribution in [3.8, 4) is 5.75 Å². The van der Waals surface area contributed by atoms with Gasteiger partial charge in [0.2, 0.25) is 0 Å². The van der Waals surface area contributed by atoms with Crippen LogP contribution in [0.5, 0.6) is 5.75 Å². The third kappa shape index (κ3) is 3.48. The molecule has 24 heavy (non-hydrogen) atoms. The normalized spacial score (nSPS) is 11.4. The summed E-state index contributed by atoms with van der Waals surface area (Å²) in [5, 5.41) is 5.69. The second-order valence-electron chi connectivity index (χ2n) is 5.62. The quantitative estimate of drug-likeness (QED) is 0.640. The van der Waals surface area contributed by atoms with Crippen LogP contribution in [0.1, 0.15) is 16.7 Å². The Bertz CT molecular complexity index is 856. The van der Waals surface area contributed by atoms with Crippen molar-refractivity contribution in [1.29, 1.82) is 0 Å². The van der Waals surface area contributed by atoms with E-state index in [1.54, 1.807) is 16.9 Å². The van der Waals surface area contributed by atoms with Crippen molar-refractivity contribution in [3.05, 3.63) is 52.4 Å². The van der Waals surface area contributed by atoms with E-state index in [2.05, 4.69) is 10.1 Å². The van der Waals surface area contributed by atoms with Crippen molar-refractivity contribution in [1.82, 2.24) is 14.8 Å². The molecular weight excluding hydrogens is 336 g/mol. The molecule has 3 rings (SSSR count). The van der Waals surface area contributed by atoms with Crippen LogP contribution in [0.25, 0.3) is 10.9 Å². The number of ether oxygens (including phenoxy) is 1. The minimum absolute atomic E-state index is 0.418. The summed E-state index contributed by atoms with van der Waals surface area (Å²) in [5.74, 6) is 0.511. The molecule has 7 heteroatoms. The number of pyridine rings is 1. The summed E-state index contributed by atoms with van der Waals surface area (Å²) < 4.78 is 31.6. The molecule has 0 fully saturated rings. The number of benzene rings is 1. The SMILES string of the molecule is Cc1cc(Cn2cc3c(Cl)nccc3n2)cc(C)c1OCC(F)F. The molecule has 0 bridgehead atoms. The number of nitrogens with zero attached hydrogens (tertiary/aromatic N) is 3. The standard InChI is InChI=1S/C17H16ClF2N3O/c1-10-5-12(6-11(2)16(10)24-9-15(19)20)7-23-8-13-14(22-23)3-4-21-17(13)18/h3-6,8,15H,7,9H2,1-2H3. The molecule has 126 valence electrons. The Hall–Kier alpha value is -2.21. The highest BCUT2D eigenvalue weighted by Crippen LogP contribution is 2.26. The van der Waals surface area contributed by atoms with Crippen molar-refractivity contribution in [2.45, 2.75) is 26.8 Å². The molecule has 2 aromatic heterocycles. The van der Waals surface area contributed by atoms with Crippen LogP contribution < -0.4 is 4.74 Å². The summed E-state index contributed by atoms with van der Waals surface area (Å²) in [7, 11) is 0. The van der Waals surface area contributed by atoms with Crippen molar-refractivity contribution in [3.63, 3.8) is 0 Å². The average molecular weight is 352 g/mol. The summed E-state index contributed by atoms with van der Waals surface area (Å²) in [6.07, 6.45) is 0.973. The number of rotatable bonds is 5. The van der Waals surface area contributed by atoms with E-state index in [9.17, 15) is 8.78 Å². The van der Waals surface area contributed by atoms with Gasteiger partial charge in [-0.25, -0.2) is 13.8 Å². The van der Waals surface area contributed by atoms with Crippen LogP contribution in [0.4, 0.5) is 8.78 Å². The third-order valence-corrected chi connectivity index (χ3v) is 3.95. The Morgan fingerprint density at radius 3 is 2.58 bits per heavy atom. The van der Waals surface area contributed by atoms with E-state index in [4.69, 9.17) is 16.3 Å². The van der Waals surface area contributed by atoms with Gasteiger partial charge in [0.05, 0.1) is 17.4 Å². The van der Waals surface area contributed by atoms with Gasteiger partial charge in [0.1, 0.15) is 17.5 Å². The average Bonchev–Trinajstić information content (AvgIpc) is 2.90. The fraction of sp³-hybridized carbons (Fsp3) is 0.294. The zero-order chi connectivity index (χ0) is 17.3. The maximum absolute atomic E-state index is 12.3. The maximum Gasteiger partial charge on any atom is 0.272 e. The van der Waals surface area contributed by atoms with Gasteiger partial charge in [0, 0.05) is 12.4 Å². The molecule has 0 saturated heterocycles. The summed E-state index contributed by atoms with van der Waals surface area (Å²) in [6, 6.07) is 5.63. The van der Waals surface area contributed by atoms with Gasteiger partial charge >= 0.3 is 0 Å². The van der Waals surface area contributed by atoms with E-state index in [0.717, 1.165) is 27.6 Å². The Balaban J connectivity index is 1.85. The first-order valence-electron chi connectivity index (χ1n) is 7.43.